The van der Waals surface area contributed by atoms with Gasteiger partial charge in [-0.1, -0.05) is 66.7 Å². The number of para-hydroxylation sites is 1. The fraction of sp³-hybridized carbons (Fsp3) is 0.0870. The van der Waals surface area contributed by atoms with E-state index in [0.29, 0.717) is 17.8 Å². The van der Waals surface area contributed by atoms with Crippen LogP contribution in [-0.2, 0) is 13.0 Å². The molecule has 0 aliphatic rings. The molecule has 0 aliphatic heterocycles. The third-order valence-corrected chi connectivity index (χ3v) is 4.48. The summed E-state index contributed by atoms with van der Waals surface area (Å²) >= 11 is 0. The Balaban J connectivity index is 1.60. The van der Waals surface area contributed by atoms with Crippen LogP contribution in [0.3, 0.4) is 0 Å². The van der Waals surface area contributed by atoms with E-state index in [4.69, 9.17) is 0 Å². The zero-order valence-electron chi connectivity index (χ0n) is 15.6. The summed E-state index contributed by atoms with van der Waals surface area (Å²) in [5, 5.41) is 7.11. The first-order valence-corrected chi connectivity index (χ1v) is 9.27. The van der Waals surface area contributed by atoms with E-state index in [9.17, 15) is 9.18 Å². The smallest absolute Gasteiger partial charge is 0.291 e. The maximum Gasteiger partial charge on any atom is 0.291 e. The molecule has 0 unspecified atom stereocenters. The third-order valence-electron chi connectivity index (χ3n) is 4.48. The highest BCUT2D eigenvalue weighted by Crippen LogP contribution is 2.14. The monoisotopic (exact) mass is 386 g/mol. The van der Waals surface area contributed by atoms with Crippen LogP contribution >= 0.6 is 0 Å². The molecule has 0 fully saturated rings. The maximum atomic E-state index is 13.8. The summed E-state index contributed by atoms with van der Waals surface area (Å²) in [6.45, 7) is 0.0689. The van der Waals surface area contributed by atoms with Gasteiger partial charge in [-0.15, -0.1) is 5.10 Å². The van der Waals surface area contributed by atoms with E-state index in [1.165, 1.54) is 6.07 Å². The molecule has 1 amide bonds. The predicted octanol–water partition coefficient (Wildman–Crippen LogP) is 3.93. The molecule has 1 aromatic heterocycles. The van der Waals surface area contributed by atoms with E-state index in [0.717, 1.165) is 11.3 Å². The molecule has 3 aromatic carbocycles. The van der Waals surface area contributed by atoms with Gasteiger partial charge in [0.1, 0.15) is 11.6 Å². The molecule has 0 aliphatic carbocycles. The number of carbonyl (C=O) groups excluding carboxylic acids is 1. The molecular formula is C23H19FN4O. The van der Waals surface area contributed by atoms with Crippen LogP contribution < -0.4 is 5.32 Å². The van der Waals surface area contributed by atoms with Crippen LogP contribution in [0, 0.1) is 5.82 Å². The topological polar surface area (TPSA) is 59.8 Å². The van der Waals surface area contributed by atoms with Gasteiger partial charge in [0.2, 0.25) is 5.82 Å². The van der Waals surface area contributed by atoms with Crippen molar-refractivity contribution >= 4 is 5.91 Å². The van der Waals surface area contributed by atoms with Crippen LogP contribution in [0.4, 0.5) is 4.39 Å². The SMILES string of the molecule is O=C(NCc1ccccc1F)c1nc(Cc2ccccc2)n(-c2ccccc2)n1. The lowest BCUT2D eigenvalue weighted by Crippen LogP contribution is -2.24. The van der Waals surface area contributed by atoms with Crippen molar-refractivity contribution in [2.24, 2.45) is 0 Å². The number of hydrogen-bond donors (Lipinski definition) is 1. The summed E-state index contributed by atoms with van der Waals surface area (Å²) in [5.74, 6) is -0.104. The zero-order chi connectivity index (χ0) is 20.1. The van der Waals surface area contributed by atoms with Gasteiger partial charge in [-0.25, -0.2) is 14.1 Å². The Kier molecular flexibility index (Phi) is 5.42. The normalized spacial score (nSPS) is 10.7. The zero-order valence-corrected chi connectivity index (χ0v) is 15.6. The third kappa shape index (κ3) is 4.38. The van der Waals surface area contributed by atoms with Crippen molar-refractivity contribution in [3.05, 3.63) is 114 Å². The van der Waals surface area contributed by atoms with Crippen LogP contribution in [-0.4, -0.2) is 20.7 Å². The average molecular weight is 386 g/mol. The predicted molar refractivity (Wildman–Crippen MR) is 108 cm³/mol. The Hall–Kier alpha value is -3.80. The van der Waals surface area contributed by atoms with Crippen molar-refractivity contribution in [1.82, 2.24) is 20.1 Å². The number of rotatable bonds is 6. The fourth-order valence-electron chi connectivity index (χ4n) is 3.01. The van der Waals surface area contributed by atoms with Gasteiger partial charge in [0.15, 0.2) is 0 Å². The summed E-state index contributed by atoms with van der Waals surface area (Å²) in [7, 11) is 0. The number of nitrogens with zero attached hydrogens (tertiary/aromatic N) is 3. The Morgan fingerprint density at radius 1 is 0.897 bits per heavy atom. The lowest BCUT2D eigenvalue weighted by Gasteiger charge is -2.05. The number of halogens is 1. The molecule has 5 nitrogen and oxygen atoms in total. The van der Waals surface area contributed by atoms with Gasteiger partial charge in [-0.3, -0.25) is 4.79 Å². The number of carbonyl (C=O) groups is 1. The molecule has 0 saturated heterocycles. The van der Waals surface area contributed by atoms with Gasteiger partial charge < -0.3 is 5.32 Å². The van der Waals surface area contributed by atoms with Crippen LogP contribution in [0.5, 0.6) is 0 Å². The summed E-state index contributed by atoms with van der Waals surface area (Å²) in [4.78, 5) is 17.1. The summed E-state index contributed by atoms with van der Waals surface area (Å²) in [6, 6.07) is 25.7. The number of benzene rings is 3. The molecule has 0 spiro atoms. The van der Waals surface area contributed by atoms with E-state index in [1.54, 1.807) is 22.9 Å². The highest BCUT2D eigenvalue weighted by molar-refractivity contribution is 5.90. The minimum Gasteiger partial charge on any atom is -0.345 e. The first-order valence-electron chi connectivity index (χ1n) is 9.27. The molecule has 4 rings (SSSR count). The highest BCUT2D eigenvalue weighted by Gasteiger charge is 2.18. The lowest BCUT2D eigenvalue weighted by atomic mass is 10.1. The Labute approximate surface area is 167 Å². The van der Waals surface area contributed by atoms with Gasteiger partial charge in [0, 0.05) is 18.5 Å². The standard InChI is InChI=1S/C23H19FN4O/c24-20-14-8-7-11-18(20)16-25-23(29)22-26-21(15-17-9-3-1-4-10-17)28(27-22)19-12-5-2-6-13-19/h1-14H,15-16H2,(H,25,29). The molecule has 0 saturated carbocycles. The molecular weight excluding hydrogens is 367 g/mol. The first-order chi connectivity index (χ1) is 14.2. The second kappa shape index (κ2) is 8.48. The number of amides is 1. The van der Waals surface area contributed by atoms with E-state index >= 15 is 0 Å². The van der Waals surface area contributed by atoms with Crippen molar-refractivity contribution in [2.75, 3.05) is 0 Å². The highest BCUT2D eigenvalue weighted by atomic mass is 19.1. The number of hydrogen-bond acceptors (Lipinski definition) is 3. The van der Waals surface area contributed by atoms with Crippen LogP contribution in [0.1, 0.15) is 27.6 Å². The second-order valence-electron chi connectivity index (χ2n) is 6.54. The van der Waals surface area contributed by atoms with Crippen molar-refractivity contribution in [1.29, 1.82) is 0 Å². The minimum atomic E-state index is -0.447. The van der Waals surface area contributed by atoms with Gasteiger partial charge in [0.25, 0.3) is 5.91 Å². The molecule has 4 aromatic rings. The molecule has 1 heterocycles. The molecule has 144 valence electrons. The van der Waals surface area contributed by atoms with Crippen molar-refractivity contribution in [2.45, 2.75) is 13.0 Å². The second-order valence-corrected chi connectivity index (χ2v) is 6.54. The Bertz CT molecular complexity index is 1110. The van der Waals surface area contributed by atoms with E-state index in [-0.39, 0.29) is 18.2 Å². The maximum absolute atomic E-state index is 13.8. The van der Waals surface area contributed by atoms with Crippen molar-refractivity contribution in [3.63, 3.8) is 0 Å². The van der Waals surface area contributed by atoms with E-state index in [2.05, 4.69) is 15.4 Å². The van der Waals surface area contributed by atoms with Crippen molar-refractivity contribution < 1.29 is 9.18 Å². The van der Waals surface area contributed by atoms with Crippen molar-refractivity contribution in [3.8, 4) is 5.69 Å². The molecule has 6 heteroatoms. The van der Waals surface area contributed by atoms with Crippen LogP contribution in [0.2, 0.25) is 0 Å². The lowest BCUT2D eigenvalue weighted by molar-refractivity contribution is 0.0940. The average Bonchev–Trinajstić information content (AvgIpc) is 3.18. The number of aromatic nitrogens is 3. The minimum absolute atomic E-state index is 0.0520. The van der Waals surface area contributed by atoms with Gasteiger partial charge in [-0.2, -0.15) is 0 Å². The van der Waals surface area contributed by atoms with Crippen LogP contribution in [0.25, 0.3) is 5.69 Å². The first kappa shape index (κ1) is 18.6. The van der Waals surface area contributed by atoms with E-state index in [1.807, 2.05) is 60.7 Å². The molecule has 1 N–H and O–H groups in total. The largest absolute Gasteiger partial charge is 0.345 e. The van der Waals surface area contributed by atoms with E-state index < -0.39 is 5.91 Å². The Morgan fingerprint density at radius 2 is 1.55 bits per heavy atom. The molecule has 0 radical (unpaired) electrons. The van der Waals surface area contributed by atoms with Gasteiger partial charge >= 0.3 is 0 Å². The van der Waals surface area contributed by atoms with Crippen LogP contribution in [0.15, 0.2) is 84.9 Å². The number of nitrogens with one attached hydrogen (secondary N) is 1. The summed E-state index contributed by atoms with van der Waals surface area (Å²) in [5.41, 5.74) is 2.29. The van der Waals surface area contributed by atoms with Gasteiger partial charge in [-0.05, 0) is 23.8 Å². The fourth-order valence-corrected chi connectivity index (χ4v) is 3.01. The molecule has 0 atom stereocenters. The van der Waals surface area contributed by atoms with Gasteiger partial charge in [0.05, 0.1) is 5.69 Å². The quantitative estimate of drug-likeness (QED) is 0.546. The molecule has 0 bridgehead atoms. The molecule has 29 heavy (non-hydrogen) atoms. The summed E-state index contributed by atoms with van der Waals surface area (Å²) < 4.78 is 15.5. The summed E-state index contributed by atoms with van der Waals surface area (Å²) in [6.07, 6.45) is 0.531. The Morgan fingerprint density at radius 3 is 2.28 bits per heavy atom.